The van der Waals surface area contributed by atoms with Gasteiger partial charge in [-0.2, -0.15) is 0 Å². The molecule has 0 fully saturated rings. The van der Waals surface area contributed by atoms with Crippen molar-refractivity contribution in [2.45, 2.75) is 13.0 Å². The van der Waals surface area contributed by atoms with E-state index in [1.807, 2.05) is 0 Å². The number of carbonyl (C=O) groups excluding carboxylic acids is 1. The van der Waals surface area contributed by atoms with Crippen LogP contribution in [0.1, 0.15) is 12.5 Å². The summed E-state index contributed by atoms with van der Waals surface area (Å²) in [5.41, 5.74) is 1.22. The zero-order valence-electron chi connectivity index (χ0n) is 11.0. The maximum absolute atomic E-state index is 12.7. The van der Waals surface area contributed by atoms with Crippen molar-refractivity contribution >= 4 is 12.0 Å². The van der Waals surface area contributed by atoms with Crippen molar-refractivity contribution in [3.63, 3.8) is 0 Å². The highest BCUT2D eigenvalue weighted by Gasteiger charge is 2.08. The van der Waals surface area contributed by atoms with Crippen LogP contribution in [-0.4, -0.2) is 37.4 Å². The van der Waals surface area contributed by atoms with E-state index in [-0.39, 0.29) is 24.9 Å². The van der Waals surface area contributed by atoms with Gasteiger partial charge in [0.2, 0.25) is 5.91 Å². The van der Waals surface area contributed by atoms with Crippen molar-refractivity contribution in [3.8, 4) is 0 Å². The number of aliphatic hydroxyl groups is 1. The largest absolute Gasteiger partial charge is 0.389 e. The Balaban J connectivity index is 2.54. The second-order valence-corrected chi connectivity index (χ2v) is 4.20. The minimum atomic E-state index is -0.729. The summed E-state index contributed by atoms with van der Waals surface area (Å²) < 4.78 is 17.5. The molecule has 0 aromatic heterocycles. The molecule has 0 radical (unpaired) electrons. The van der Waals surface area contributed by atoms with E-state index < -0.39 is 6.10 Å². The monoisotopic (exact) mass is 267 g/mol. The first-order valence-corrected chi connectivity index (χ1v) is 5.92. The van der Waals surface area contributed by atoms with Gasteiger partial charge in [-0.05, 0) is 30.7 Å². The number of rotatable bonds is 6. The van der Waals surface area contributed by atoms with Gasteiger partial charge < -0.3 is 15.2 Å². The number of hydrogen-bond acceptors (Lipinski definition) is 3. The van der Waals surface area contributed by atoms with E-state index in [0.29, 0.717) is 5.57 Å². The SMILES string of the molecule is COCC(O)CNC(=O)/C(C)=C/c1ccc(F)cc1. The van der Waals surface area contributed by atoms with Gasteiger partial charge in [0.05, 0.1) is 12.7 Å². The van der Waals surface area contributed by atoms with Crippen molar-refractivity contribution in [2.75, 3.05) is 20.3 Å². The van der Waals surface area contributed by atoms with Crippen LogP contribution in [0.15, 0.2) is 29.8 Å². The summed E-state index contributed by atoms with van der Waals surface area (Å²) in [5.74, 6) is -0.596. The second-order valence-electron chi connectivity index (χ2n) is 4.20. The van der Waals surface area contributed by atoms with Gasteiger partial charge >= 0.3 is 0 Å². The minimum Gasteiger partial charge on any atom is -0.389 e. The van der Waals surface area contributed by atoms with E-state index in [9.17, 15) is 14.3 Å². The van der Waals surface area contributed by atoms with E-state index in [2.05, 4.69) is 5.32 Å². The number of nitrogens with one attached hydrogen (secondary N) is 1. The molecule has 0 bridgehead atoms. The fourth-order valence-electron chi connectivity index (χ4n) is 1.48. The number of carbonyl (C=O) groups is 1. The third kappa shape index (κ3) is 5.63. The third-order valence-corrected chi connectivity index (χ3v) is 2.47. The summed E-state index contributed by atoms with van der Waals surface area (Å²) in [6.07, 6.45) is 0.921. The number of hydrogen-bond donors (Lipinski definition) is 2. The Morgan fingerprint density at radius 1 is 1.47 bits per heavy atom. The van der Waals surface area contributed by atoms with E-state index in [1.54, 1.807) is 25.1 Å². The molecule has 1 aromatic rings. The Bertz CT molecular complexity index is 443. The molecule has 1 rings (SSSR count). The average Bonchev–Trinajstić information content (AvgIpc) is 2.39. The summed E-state index contributed by atoms with van der Waals surface area (Å²) in [4.78, 5) is 11.7. The van der Waals surface area contributed by atoms with Crippen molar-refractivity contribution in [1.29, 1.82) is 0 Å². The molecule has 4 nitrogen and oxygen atoms in total. The topological polar surface area (TPSA) is 58.6 Å². The molecule has 0 aliphatic rings. The predicted octanol–water partition coefficient (Wildman–Crippen LogP) is 1.35. The lowest BCUT2D eigenvalue weighted by molar-refractivity contribution is -0.118. The Kier molecular flexibility index (Phi) is 6.18. The highest BCUT2D eigenvalue weighted by molar-refractivity contribution is 5.97. The number of halogens is 1. The minimum absolute atomic E-state index is 0.126. The molecule has 0 saturated carbocycles. The normalized spacial score (nSPS) is 13.2. The third-order valence-electron chi connectivity index (χ3n) is 2.47. The summed E-state index contributed by atoms with van der Waals surface area (Å²) in [6.45, 7) is 1.95. The van der Waals surface area contributed by atoms with Crippen LogP contribution < -0.4 is 5.32 Å². The number of methoxy groups -OCH3 is 1. The second kappa shape index (κ2) is 7.66. The highest BCUT2D eigenvalue weighted by atomic mass is 19.1. The van der Waals surface area contributed by atoms with Gasteiger partial charge in [0.25, 0.3) is 0 Å². The smallest absolute Gasteiger partial charge is 0.247 e. The zero-order valence-corrected chi connectivity index (χ0v) is 11.0. The summed E-state index contributed by atoms with van der Waals surface area (Å²) >= 11 is 0. The molecule has 1 amide bonds. The van der Waals surface area contributed by atoms with Gasteiger partial charge in [-0.1, -0.05) is 12.1 Å². The average molecular weight is 267 g/mol. The number of aliphatic hydroxyl groups excluding tert-OH is 1. The van der Waals surface area contributed by atoms with Gasteiger partial charge in [-0.15, -0.1) is 0 Å². The Hall–Kier alpha value is -1.72. The molecular formula is C14H18FNO3. The molecule has 2 N–H and O–H groups in total. The molecule has 5 heteroatoms. The molecule has 0 saturated heterocycles. The molecule has 19 heavy (non-hydrogen) atoms. The van der Waals surface area contributed by atoms with Crippen molar-refractivity contribution in [2.24, 2.45) is 0 Å². The molecule has 1 atom stereocenters. The molecule has 104 valence electrons. The standard InChI is InChI=1S/C14H18FNO3/c1-10(7-11-3-5-12(15)6-4-11)14(18)16-8-13(17)9-19-2/h3-7,13,17H,8-9H2,1-2H3,(H,16,18)/b10-7+. The van der Waals surface area contributed by atoms with Gasteiger partial charge in [-0.3, -0.25) is 4.79 Å². The fourth-order valence-corrected chi connectivity index (χ4v) is 1.48. The van der Waals surface area contributed by atoms with Crippen molar-refractivity contribution < 1.29 is 19.0 Å². The van der Waals surface area contributed by atoms with Crippen LogP contribution in [0.5, 0.6) is 0 Å². The molecule has 1 unspecified atom stereocenters. The molecule has 1 aromatic carbocycles. The molecule has 0 aliphatic carbocycles. The first-order chi connectivity index (χ1) is 9.02. The lowest BCUT2D eigenvalue weighted by Gasteiger charge is -2.10. The summed E-state index contributed by atoms with van der Waals surface area (Å²) in [7, 11) is 1.48. The van der Waals surface area contributed by atoms with Crippen LogP contribution in [0.3, 0.4) is 0 Å². The van der Waals surface area contributed by atoms with E-state index in [1.165, 1.54) is 19.2 Å². The molecular weight excluding hydrogens is 249 g/mol. The van der Waals surface area contributed by atoms with Crippen molar-refractivity contribution in [3.05, 3.63) is 41.2 Å². The molecule has 0 aliphatic heterocycles. The Morgan fingerprint density at radius 3 is 2.68 bits per heavy atom. The molecule has 0 heterocycles. The van der Waals surface area contributed by atoms with Crippen LogP contribution in [-0.2, 0) is 9.53 Å². The van der Waals surface area contributed by atoms with Crippen LogP contribution in [0, 0.1) is 5.82 Å². The lowest BCUT2D eigenvalue weighted by Crippen LogP contribution is -2.34. The lowest BCUT2D eigenvalue weighted by atomic mass is 10.1. The maximum atomic E-state index is 12.7. The van der Waals surface area contributed by atoms with Crippen LogP contribution in [0.4, 0.5) is 4.39 Å². The van der Waals surface area contributed by atoms with Crippen LogP contribution >= 0.6 is 0 Å². The van der Waals surface area contributed by atoms with Crippen LogP contribution in [0.25, 0.3) is 6.08 Å². The first-order valence-electron chi connectivity index (χ1n) is 5.92. The van der Waals surface area contributed by atoms with Gasteiger partial charge in [-0.25, -0.2) is 4.39 Å². The van der Waals surface area contributed by atoms with Crippen LogP contribution in [0.2, 0.25) is 0 Å². The van der Waals surface area contributed by atoms with Crippen molar-refractivity contribution in [1.82, 2.24) is 5.32 Å². The summed E-state index contributed by atoms with van der Waals surface area (Å²) in [6, 6.07) is 5.84. The van der Waals surface area contributed by atoms with Gasteiger partial charge in [0, 0.05) is 19.2 Å². The predicted molar refractivity (Wildman–Crippen MR) is 70.9 cm³/mol. The first kappa shape index (κ1) is 15.3. The van der Waals surface area contributed by atoms with Gasteiger partial charge in [0.1, 0.15) is 5.82 Å². The number of benzene rings is 1. The van der Waals surface area contributed by atoms with Gasteiger partial charge in [0.15, 0.2) is 0 Å². The Morgan fingerprint density at radius 2 is 2.11 bits per heavy atom. The van der Waals surface area contributed by atoms with E-state index in [0.717, 1.165) is 5.56 Å². The zero-order chi connectivity index (χ0) is 14.3. The highest BCUT2D eigenvalue weighted by Crippen LogP contribution is 2.08. The Labute approximate surface area is 111 Å². The summed E-state index contributed by atoms with van der Waals surface area (Å²) in [5, 5.41) is 12.0. The van der Waals surface area contributed by atoms with E-state index in [4.69, 9.17) is 4.74 Å². The van der Waals surface area contributed by atoms with E-state index >= 15 is 0 Å². The number of amides is 1. The number of ether oxygens (including phenoxy) is 1. The quantitative estimate of drug-likeness (QED) is 0.765. The maximum Gasteiger partial charge on any atom is 0.247 e. The fraction of sp³-hybridized carbons (Fsp3) is 0.357. The molecule has 0 spiro atoms.